The molecule has 0 aliphatic carbocycles. The van der Waals surface area contributed by atoms with Crippen LogP contribution in [0.3, 0.4) is 0 Å². The lowest BCUT2D eigenvalue weighted by Gasteiger charge is -2.20. The summed E-state index contributed by atoms with van der Waals surface area (Å²) in [5.74, 6) is -1.04. The zero-order chi connectivity index (χ0) is 25.5. The highest BCUT2D eigenvalue weighted by Gasteiger charge is 2.38. The van der Waals surface area contributed by atoms with Crippen LogP contribution in [0.5, 0.6) is 0 Å². The molecule has 0 fully saturated rings. The number of anilines is 2. The summed E-state index contributed by atoms with van der Waals surface area (Å²) in [7, 11) is 0. The van der Waals surface area contributed by atoms with Gasteiger partial charge in [-0.1, -0.05) is 23.7 Å². The average Bonchev–Trinajstić information content (AvgIpc) is 2.69. The molecule has 4 nitrogen and oxygen atoms in total. The summed E-state index contributed by atoms with van der Waals surface area (Å²) < 4.78 is 120. The van der Waals surface area contributed by atoms with E-state index in [-0.39, 0.29) is 24.3 Å². The van der Waals surface area contributed by atoms with E-state index in [0.29, 0.717) is 15.2 Å². The van der Waals surface area contributed by atoms with Gasteiger partial charge in [-0.05, 0) is 35.9 Å². The van der Waals surface area contributed by atoms with Crippen molar-refractivity contribution in [3.05, 3.63) is 86.3 Å². The summed E-state index contributed by atoms with van der Waals surface area (Å²) in [5, 5.41) is 2.14. The van der Waals surface area contributed by atoms with Crippen LogP contribution in [-0.2, 0) is 25.1 Å². The topological polar surface area (TPSA) is 46.9 Å². The van der Waals surface area contributed by atoms with E-state index in [9.17, 15) is 44.3 Å². The van der Waals surface area contributed by atoms with Crippen LogP contribution in [0.2, 0.25) is 5.02 Å². The lowest BCUT2D eigenvalue weighted by Crippen LogP contribution is -2.27. The molecule has 3 rings (SSSR count). The molecule has 1 heterocycles. The van der Waals surface area contributed by atoms with Crippen molar-refractivity contribution < 1.29 is 39.5 Å². The Morgan fingerprint density at radius 2 is 1.44 bits per heavy atom. The zero-order valence-electron chi connectivity index (χ0n) is 16.4. The molecule has 0 atom stereocenters. The highest BCUT2D eigenvalue weighted by atomic mass is 35.5. The molecule has 0 aliphatic rings. The summed E-state index contributed by atoms with van der Waals surface area (Å²) in [5.41, 5.74) is -7.09. The third kappa shape index (κ3) is 5.82. The number of halogens is 10. The van der Waals surface area contributed by atoms with E-state index in [0.717, 1.165) is 0 Å². The lowest BCUT2D eigenvalue weighted by molar-refractivity contribution is -0.141. The van der Waals surface area contributed by atoms with Crippen molar-refractivity contribution in [2.45, 2.75) is 25.1 Å². The van der Waals surface area contributed by atoms with Crippen molar-refractivity contribution in [2.75, 3.05) is 5.32 Å². The molecule has 3 aromatic rings. The van der Waals surface area contributed by atoms with E-state index < -0.39 is 59.1 Å². The number of hydrogen-bond acceptors (Lipinski definition) is 3. The predicted molar refractivity (Wildman–Crippen MR) is 104 cm³/mol. The molecule has 2 aromatic carbocycles. The molecule has 1 N–H and O–H groups in total. The first-order valence-corrected chi connectivity index (χ1v) is 9.42. The average molecular weight is 516 g/mol. The van der Waals surface area contributed by atoms with Crippen molar-refractivity contribution >= 4 is 23.2 Å². The Morgan fingerprint density at radius 1 is 0.824 bits per heavy atom. The fourth-order valence-corrected chi connectivity index (χ4v) is 2.99. The molecule has 0 amide bonds. The third-order valence-corrected chi connectivity index (χ3v) is 4.70. The van der Waals surface area contributed by atoms with Gasteiger partial charge < -0.3 is 5.32 Å². The van der Waals surface area contributed by atoms with Crippen LogP contribution in [-0.4, -0.2) is 9.55 Å². The van der Waals surface area contributed by atoms with Crippen LogP contribution >= 0.6 is 11.6 Å². The number of aromatic nitrogens is 2. The van der Waals surface area contributed by atoms with Crippen LogP contribution in [0, 0.1) is 0 Å². The van der Waals surface area contributed by atoms with Crippen molar-refractivity contribution in [1.82, 2.24) is 9.55 Å². The van der Waals surface area contributed by atoms with Gasteiger partial charge in [-0.3, -0.25) is 9.36 Å². The van der Waals surface area contributed by atoms with Crippen molar-refractivity contribution in [3.8, 4) is 0 Å². The molecule has 0 saturated heterocycles. The molecule has 0 bridgehead atoms. The minimum atomic E-state index is -5.17. The van der Waals surface area contributed by atoms with Gasteiger partial charge in [0, 0.05) is 11.1 Å². The van der Waals surface area contributed by atoms with E-state index >= 15 is 0 Å². The van der Waals surface area contributed by atoms with E-state index in [4.69, 9.17) is 11.6 Å². The van der Waals surface area contributed by atoms with Crippen molar-refractivity contribution in [3.63, 3.8) is 0 Å². The minimum absolute atomic E-state index is 0.0713. The summed E-state index contributed by atoms with van der Waals surface area (Å²) in [6.07, 6.45) is -15.4. The first-order valence-electron chi connectivity index (χ1n) is 9.04. The fraction of sp³-hybridized carbons (Fsp3) is 0.200. The number of benzene rings is 2. The van der Waals surface area contributed by atoms with Gasteiger partial charge in [0.2, 0.25) is 5.95 Å². The number of alkyl halides is 9. The molecular formula is C20H11ClF9N3O. The maximum atomic E-state index is 13.4. The number of hydrogen-bond donors (Lipinski definition) is 1. The fourth-order valence-electron chi connectivity index (χ4n) is 2.86. The Hall–Kier alpha value is -3.22. The summed E-state index contributed by atoms with van der Waals surface area (Å²) in [4.78, 5) is 15.6. The first-order chi connectivity index (χ1) is 15.6. The SMILES string of the molecule is O=c1cc(C(F)(F)F)nc(Nc2cc(C(F)(F)F)ccc2C(F)(F)F)n1Cc1ccc(Cl)cc1. The molecular weight excluding hydrogens is 505 g/mol. The van der Waals surface area contributed by atoms with Crippen LogP contribution in [0.1, 0.15) is 22.4 Å². The minimum Gasteiger partial charge on any atom is -0.325 e. The Balaban J connectivity index is 2.20. The molecule has 0 saturated carbocycles. The third-order valence-electron chi connectivity index (χ3n) is 4.45. The zero-order valence-corrected chi connectivity index (χ0v) is 17.2. The number of rotatable bonds is 4. The van der Waals surface area contributed by atoms with Gasteiger partial charge in [0.15, 0.2) is 5.69 Å². The molecule has 0 unspecified atom stereocenters. The number of nitrogens with zero attached hydrogens (tertiary/aromatic N) is 2. The Labute approximate surface area is 189 Å². The van der Waals surface area contributed by atoms with Gasteiger partial charge in [-0.25, -0.2) is 4.98 Å². The van der Waals surface area contributed by atoms with Gasteiger partial charge in [-0.2, -0.15) is 39.5 Å². The van der Waals surface area contributed by atoms with E-state index in [1.165, 1.54) is 24.3 Å². The highest BCUT2D eigenvalue weighted by Crippen LogP contribution is 2.40. The van der Waals surface area contributed by atoms with Crippen molar-refractivity contribution in [2.24, 2.45) is 0 Å². The molecule has 0 radical (unpaired) electrons. The summed E-state index contributed by atoms with van der Waals surface area (Å²) in [6.45, 7) is -0.468. The normalized spacial score (nSPS) is 12.6. The van der Waals surface area contributed by atoms with Crippen LogP contribution in [0.15, 0.2) is 53.3 Å². The van der Waals surface area contributed by atoms with Gasteiger partial charge >= 0.3 is 18.5 Å². The second kappa shape index (κ2) is 8.85. The maximum Gasteiger partial charge on any atom is 0.433 e. The maximum absolute atomic E-state index is 13.4. The first kappa shape index (κ1) is 25.4. The standard InChI is InChI=1S/C20H11ClF9N3O/c21-12-4-1-10(2-5-12)9-33-16(34)8-15(20(28,29)30)32-17(33)31-14-7-11(18(22,23)24)3-6-13(14)19(25,26)27/h1-8H,9H2,(H,31,32). The second-order valence-electron chi connectivity index (χ2n) is 6.89. The largest absolute Gasteiger partial charge is 0.433 e. The van der Waals surface area contributed by atoms with Crippen molar-refractivity contribution in [1.29, 1.82) is 0 Å². The second-order valence-corrected chi connectivity index (χ2v) is 7.33. The molecule has 0 spiro atoms. The molecule has 14 heteroatoms. The van der Waals surface area contributed by atoms with Gasteiger partial charge in [0.1, 0.15) is 0 Å². The Bertz CT molecular complexity index is 1250. The lowest BCUT2D eigenvalue weighted by atomic mass is 10.1. The summed E-state index contributed by atoms with van der Waals surface area (Å²) in [6, 6.07) is 6.06. The molecule has 34 heavy (non-hydrogen) atoms. The Morgan fingerprint density at radius 3 is 1.97 bits per heavy atom. The monoisotopic (exact) mass is 515 g/mol. The smallest absolute Gasteiger partial charge is 0.325 e. The van der Waals surface area contributed by atoms with E-state index in [1.54, 1.807) is 0 Å². The Kier molecular flexibility index (Phi) is 6.62. The van der Waals surface area contributed by atoms with E-state index in [1.807, 2.05) is 5.32 Å². The van der Waals surface area contributed by atoms with Gasteiger partial charge in [-0.15, -0.1) is 0 Å². The quantitative estimate of drug-likeness (QED) is 0.391. The van der Waals surface area contributed by atoms with Crippen LogP contribution in [0.25, 0.3) is 0 Å². The van der Waals surface area contributed by atoms with Crippen LogP contribution in [0.4, 0.5) is 51.1 Å². The molecule has 182 valence electrons. The number of nitrogens with one attached hydrogen (secondary N) is 1. The van der Waals surface area contributed by atoms with Gasteiger partial charge in [0.25, 0.3) is 5.56 Å². The highest BCUT2D eigenvalue weighted by molar-refractivity contribution is 6.30. The predicted octanol–water partition coefficient (Wildman–Crippen LogP) is 6.75. The van der Waals surface area contributed by atoms with Crippen LogP contribution < -0.4 is 10.9 Å². The molecule has 1 aromatic heterocycles. The van der Waals surface area contributed by atoms with Gasteiger partial charge in [0.05, 0.1) is 23.4 Å². The molecule has 0 aliphatic heterocycles. The van der Waals surface area contributed by atoms with E-state index in [2.05, 4.69) is 4.98 Å². The summed E-state index contributed by atoms with van der Waals surface area (Å²) >= 11 is 5.75.